The van der Waals surface area contributed by atoms with Crippen molar-refractivity contribution in [2.45, 2.75) is 42.8 Å². The van der Waals surface area contributed by atoms with E-state index < -0.39 is 7.60 Å². The monoisotopic (exact) mass is 265 g/mol. The van der Waals surface area contributed by atoms with Crippen LogP contribution in [0, 0.1) is 0 Å². The van der Waals surface area contributed by atoms with Crippen molar-refractivity contribution in [2.75, 3.05) is 20.0 Å². The summed E-state index contributed by atoms with van der Waals surface area (Å²) in [7, 11) is -0.0318. The van der Waals surface area contributed by atoms with Crippen LogP contribution in [-0.4, -0.2) is 30.6 Å². The van der Waals surface area contributed by atoms with Gasteiger partial charge < -0.3 is 9.05 Å². The lowest BCUT2D eigenvalue weighted by molar-refractivity contribution is 0.253. The van der Waals surface area contributed by atoms with Crippen LogP contribution in [-0.2, 0) is 13.6 Å². The van der Waals surface area contributed by atoms with E-state index in [1.54, 1.807) is 0 Å². The van der Waals surface area contributed by atoms with Crippen LogP contribution in [0.1, 0.15) is 32.1 Å². The van der Waals surface area contributed by atoms with Gasteiger partial charge in [-0.05, 0) is 12.8 Å². The van der Waals surface area contributed by atoms with Crippen molar-refractivity contribution in [3.05, 3.63) is 0 Å². The predicted molar refractivity (Wildman–Crippen MR) is 66.8 cm³/mol. The third-order valence-electron chi connectivity index (χ3n) is 3.50. The van der Waals surface area contributed by atoms with E-state index in [1.807, 2.05) is 11.8 Å². The van der Waals surface area contributed by atoms with Gasteiger partial charge in [-0.25, -0.2) is 0 Å². The molecule has 0 aromatic rings. The van der Waals surface area contributed by atoms with Gasteiger partial charge in [0, 0.05) is 20.0 Å². The number of thioether (sulfide) groups is 1. The first-order chi connectivity index (χ1) is 7.64. The fourth-order valence-corrected chi connectivity index (χ4v) is 6.00. The second-order valence-electron chi connectivity index (χ2n) is 4.43. The summed E-state index contributed by atoms with van der Waals surface area (Å²) in [6.07, 6.45) is 6.18. The molecule has 0 radical (unpaired) electrons. The molecule has 2 fully saturated rings. The average molecular weight is 265 g/mol. The molecule has 4 nitrogen and oxygen atoms in total. The quantitative estimate of drug-likeness (QED) is 0.795. The van der Waals surface area contributed by atoms with E-state index >= 15 is 0 Å². The molecule has 0 amide bonds. The van der Waals surface area contributed by atoms with E-state index in [4.69, 9.17) is 9.05 Å². The Morgan fingerprint density at radius 1 is 1.25 bits per heavy atom. The van der Waals surface area contributed by atoms with E-state index in [0.717, 1.165) is 5.75 Å². The van der Waals surface area contributed by atoms with Crippen molar-refractivity contribution in [3.63, 3.8) is 0 Å². The standard InChI is InChI=1S/C10H20NO3PS/c1-13-15(12,14-2)9-8-16-10(11-9)6-4-3-5-7-10/h9,11H,3-8H2,1-2H3/t9-/m0/s1. The van der Waals surface area contributed by atoms with Gasteiger partial charge in [0.15, 0.2) is 0 Å². The number of nitrogens with one attached hydrogen (secondary N) is 1. The van der Waals surface area contributed by atoms with Crippen molar-refractivity contribution >= 4 is 19.4 Å². The Labute approximate surface area is 101 Å². The van der Waals surface area contributed by atoms with Gasteiger partial charge in [0.05, 0.1) is 4.87 Å². The van der Waals surface area contributed by atoms with Crippen molar-refractivity contribution in [3.8, 4) is 0 Å². The maximum atomic E-state index is 12.3. The van der Waals surface area contributed by atoms with Gasteiger partial charge in [-0.1, -0.05) is 19.3 Å². The van der Waals surface area contributed by atoms with Gasteiger partial charge >= 0.3 is 7.60 Å². The predicted octanol–water partition coefficient (Wildman–Crippen LogP) is 2.80. The molecule has 1 spiro atoms. The Morgan fingerprint density at radius 2 is 1.88 bits per heavy atom. The number of rotatable bonds is 3. The average Bonchev–Trinajstić information content (AvgIpc) is 2.73. The molecule has 1 atom stereocenters. The topological polar surface area (TPSA) is 47.6 Å². The molecule has 0 unspecified atom stereocenters. The summed E-state index contributed by atoms with van der Waals surface area (Å²) in [6, 6.07) is 0. The highest BCUT2D eigenvalue weighted by molar-refractivity contribution is 8.01. The summed E-state index contributed by atoms with van der Waals surface area (Å²) in [4.78, 5) is 0.135. The number of hydrogen-bond donors (Lipinski definition) is 1. The molecule has 1 aliphatic carbocycles. The van der Waals surface area contributed by atoms with E-state index in [2.05, 4.69) is 5.32 Å². The molecule has 0 aromatic carbocycles. The zero-order chi connectivity index (χ0) is 11.6. The fourth-order valence-electron chi connectivity index (χ4n) is 2.54. The molecule has 0 bridgehead atoms. The van der Waals surface area contributed by atoms with Crippen molar-refractivity contribution in [1.29, 1.82) is 0 Å². The molecule has 16 heavy (non-hydrogen) atoms. The van der Waals surface area contributed by atoms with Crippen LogP contribution in [0.15, 0.2) is 0 Å². The summed E-state index contributed by atoms with van der Waals surface area (Å²) in [5.41, 5.74) is 0. The molecule has 1 N–H and O–H groups in total. The SMILES string of the molecule is COP(=O)(OC)[C@H]1CSC2(CCCCC2)N1. The van der Waals surface area contributed by atoms with Crippen molar-refractivity contribution < 1.29 is 13.6 Å². The normalized spacial score (nSPS) is 29.8. The molecule has 2 aliphatic rings. The minimum atomic E-state index is -2.95. The maximum Gasteiger partial charge on any atom is 0.347 e. The highest BCUT2D eigenvalue weighted by Crippen LogP contribution is 2.57. The molecule has 1 heterocycles. The largest absolute Gasteiger partial charge is 0.347 e. The smallest absolute Gasteiger partial charge is 0.311 e. The van der Waals surface area contributed by atoms with Gasteiger partial charge in [-0.3, -0.25) is 9.88 Å². The van der Waals surface area contributed by atoms with Crippen LogP contribution in [0.4, 0.5) is 0 Å². The zero-order valence-electron chi connectivity index (χ0n) is 9.90. The molecular formula is C10H20NO3PS. The fraction of sp³-hybridized carbons (Fsp3) is 1.00. The van der Waals surface area contributed by atoms with E-state index in [-0.39, 0.29) is 10.7 Å². The van der Waals surface area contributed by atoms with E-state index in [0.29, 0.717) is 0 Å². The van der Waals surface area contributed by atoms with Gasteiger partial charge in [-0.2, -0.15) is 0 Å². The lowest BCUT2D eigenvalue weighted by atomic mass is 9.95. The molecule has 1 saturated heterocycles. The Hall–Kier alpha value is 0.460. The van der Waals surface area contributed by atoms with Gasteiger partial charge in [0.2, 0.25) is 0 Å². The Balaban J connectivity index is 2.04. The zero-order valence-corrected chi connectivity index (χ0v) is 11.6. The molecule has 0 aromatic heterocycles. The third kappa shape index (κ3) is 2.34. The Morgan fingerprint density at radius 3 is 2.44 bits per heavy atom. The highest BCUT2D eigenvalue weighted by atomic mass is 32.2. The molecule has 1 aliphatic heterocycles. The van der Waals surface area contributed by atoms with Gasteiger partial charge in [0.1, 0.15) is 5.78 Å². The minimum Gasteiger partial charge on any atom is -0.311 e. The van der Waals surface area contributed by atoms with Crippen LogP contribution < -0.4 is 5.32 Å². The summed E-state index contributed by atoms with van der Waals surface area (Å²) in [6.45, 7) is 0. The number of hydrogen-bond acceptors (Lipinski definition) is 5. The second kappa shape index (κ2) is 4.99. The van der Waals surface area contributed by atoms with Crippen LogP contribution in [0.25, 0.3) is 0 Å². The van der Waals surface area contributed by atoms with Crippen LogP contribution in [0.5, 0.6) is 0 Å². The molecular weight excluding hydrogens is 245 g/mol. The Kier molecular flexibility index (Phi) is 4.02. The van der Waals surface area contributed by atoms with E-state index in [9.17, 15) is 4.57 Å². The van der Waals surface area contributed by atoms with Crippen LogP contribution in [0.3, 0.4) is 0 Å². The lowest BCUT2D eigenvalue weighted by Crippen LogP contribution is -2.43. The summed E-state index contributed by atoms with van der Waals surface area (Å²) < 4.78 is 22.4. The third-order valence-corrected chi connectivity index (χ3v) is 7.42. The van der Waals surface area contributed by atoms with Crippen molar-refractivity contribution in [1.82, 2.24) is 5.32 Å². The first-order valence-corrected chi connectivity index (χ1v) is 8.37. The summed E-state index contributed by atoms with van der Waals surface area (Å²) >= 11 is 1.89. The van der Waals surface area contributed by atoms with Crippen molar-refractivity contribution in [2.24, 2.45) is 0 Å². The first kappa shape index (κ1) is 12.9. The highest BCUT2D eigenvalue weighted by Gasteiger charge is 2.47. The molecule has 6 heteroatoms. The molecule has 1 saturated carbocycles. The minimum absolute atomic E-state index is 0.135. The van der Waals surface area contributed by atoms with Crippen LogP contribution >= 0.6 is 19.4 Å². The molecule has 94 valence electrons. The van der Waals surface area contributed by atoms with Gasteiger partial charge in [-0.15, -0.1) is 11.8 Å². The molecule has 2 rings (SSSR count). The lowest BCUT2D eigenvalue weighted by Gasteiger charge is -2.34. The first-order valence-electron chi connectivity index (χ1n) is 5.77. The maximum absolute atomic E-state index is 12.3. The summed E-state index contributed by atoms with van der Waals surface area (Å²) in [5.74, 6) is 0.671. The summed E-state index contributed by atoms with van der Waals surface area (Å²) in [5, 5.41) is 3.50. The Bertz CT molecular complexity index is 286. The second-order valence-corrected chi connectivity index (χ2v) is 8.27. The van der Waals surface area contributed by atoms with Crippen LogP contribution in [0.2, 0.25) is 0 Å². The van der Waals surface area contributed by atoms with E-state index in [1.165, 1.54) is 46.3 Å². The van der Waals surface area contributed by atoms with Gasteiger partial charge in [0.25, 0.3) is 0 Å².